The molecule has 0 radical (unpaired) electrons. The molecule has 0 spiro atoms. The van der Waals surface area contributed by atoms with Crippen LogP contribution in [-0.4, -0.2) is 51.0 Å². The predicted octanol–water partition coefficient (Wildman–Crippen LogP) is 3.28. The number of rotatable bonds is 10. The van der Waals surface area contributed by atoms with Crippen LogP contribution in [0.2, 0.25) is 5.02 Å². The third-order valence-corrected chi connectivity index (χ3v) is 4.84. The van der Waals surface area contributed by atoms with Crippen molar-refractivity contribution in [2.45, 2.75) is 18.9 Å². The fraction of sp³-hybridized carbons (Fsp3) is 0.364. The van der Waals surface area contributed by atoms with Gasteiger partial charge in [0.05, 0.1) is 13.2 Å². The minimum absolute atomic E-state index is 0.0360. The summed E-state index contributed by atoms with van der Waals surface area (Å²) in [5.41, 5.74) is 1.65. The van der Waals surface area contributed by atoms with Crippen molar-refractivity contribution in [1.82, 2.24) is 15.5 Å². The molecule has 2 aromatic carbocycles. The quantitative estimate of drug-likeness (QED) is 0.582. The van der Waals surface area contributed by atoms with Crippen molar-refractivity contribution in [3.8, 4) is 5.75 Å². The first-order chi connectivity index (χ1) is 13.9. The number of hydrogen-bond donors (Lipinski definition) is 2. The second-order valence-electron chi connectivity index (χ2n) is 6.92. The maximum atomic E-state index is 12.2. The number of hydrogen-bond acceptors (Lipinski definition) is 4. The summed E-state index contributed by atoms with van der Waals surface area (Å²) in [6, 6.07) is 14.6. The number of nitrogens with zero attached hydrogens (tertiary/aromatic N) is 1. The Morgan fingerprint density at radius 1 is 1.03 bits per heavy atom. The molecule has 0 heterocycles. The van der Waals surface area contributed by atoms with Crippen LogP contribution in [0.4, 0.5) is 0 Å². The van der Waals surface area contributed by atoms with Gasteiger partial charge in [-0.3, -0.25) is 9.59 Å². The van der Waals surface area contributed by atoms with E-state index in [0.717, 1.165) is 11.3 Å². The summed E-state index contributed by atoms with van der Waals surface area (Å²) in [4.78, 5) is 26.3. The number of amides is 2. The first-order valence-corrected chi connectivity index (χ1v) is 9.89. The number of methoxy groups -OCH3 is 1. The van der Waals surface area contributed by atoms with E-state index in [1.165, 1.54) is 0 Å². The lowest BCUT2D eigenvalue weighted by Crippen LogP contribution is -2.35. The molecule has 156 valence electrons. The lowest BCUT2D eigenvalue weighted by atomic mass is 10.1. The second kappa shape index (κ2) is 11.4. The number of carbonyl (C=O) groups excluding carboxylic acids is 2. The molecule has 2 amide bonds. The van der Waals surface area contributed by atoms with Crippen molar-refractivity contribution >= 4 is 23.4 Å². The second-order valence-corrected chi connectivity index (χ2v) is 7.36. The first-order valence-electron chi connectivity index (χ1n) is 9.51. The first kappa shape index (κ1) is 22.7. The maximum absolute atomic E-state index is 12.2. The molecule has 0 aromatic heterocycles. The molecule has 1 unspecified atom stereocenters. The smallest absolute Gasteiger partial charge is 0.251 e. The molecule has 0 saturated heterocycles. The highest BCUT2D eigenvalue weighted by Gasteiger charge is 2.15. The molecule has 2 aromatic rings. The molecule has 0 aliphatic rings. The normalized spacial score (nSPS) is 11.8. The van der Waals surface area contributed by atoms with Crippen LogP contribution in [0.1, 0.15) is 34.8 Å². The van der Waals surface area contributed by atoms with Gasteiger partial charge in [0.25, 0.3) is 5.91 Å². The topological polar surface area (TPSA) is 70.7 Å². The van der Waals surface area contributed by atoms with Crippen LogP contribution in [-0.2, 0) is 4.79 Å². The number of carbonyl (C=O) groups is 2. The standard InChI is InChI=1S/C22H28ClN3O3/c1-26(2)20(16-8-12-19(29-3)13-9-16)15-25-21(27)5-4-14-24-22(28)17-6-10-18(23)11-7-17/h6-13,20H,4-5,14-15H2,1-3H3,(H,24,28)(H,25,27). The van der Waals surface area contributed by atoms with E-state index >= 15 is 0 Å². The van der Waals surface area contributed by atoms with Gasteiger partial charge in [-0.05, 0) is 62.5 Å². The van der Waals surface area contributed by atoms with Crippen LogP contribution in [0.25, 0.3) is 0 Å². The fourth-order valence-corrected chi connectivity index (χ4v) is 3.00. The Balaban J connectivity index is 1.73. The van der Waals surface area contributed by atoms with E-state index in [9.17, 15) is 9.59 Å². The third kappa shape index (κ3) is 7.40. The molecule has 7 heteroatoms. The van der Waals surface area contributed by atoms with Crippen molar-refractivity contribution in [2.24, 2.45) is 0 Å². The Kier molecular flexibility index (Phi) is 8.96. The van der Waals surface area contributed by atoms with Gasteiger partial charge in [-0.1, -0.05) is 23.7 Å². The molecular weight excluding hydrogens is 390 g/mol. The van der Waals surface area contributed by atoms with E-state index in [1.54, 1.807) is 31.4 Å². The van der Waals surface area contributed by atoms with Gasteiger partial charge in [0, 0.05) is 30.1 Å². The minimum Gasteiger partial charge on any atom is -0.497 e. The summed E-state index contributed by atoms with van der Waals surface area (Å²) in [5.74, 6) is 0.594. The largest absolute Gasteiger partial charge is 0.497 e. The van der Waals surface area contributed by atoms with Gasteiger partial charge in [0.1, 0.15) is 5.75 Å². The lowest BCUT2D eigenvalue weighted by Gasteiger charge is -2.25. The number of likely N-dealkylation sites (N-methyl/N-ethyl adjacent to an activating group) is 1. The Hall–Kier alpha value is -2.57. The van der Waals surface area contributed by atoms with E-state index in [1.807, 2.05) is 38.4 Å². The molecule has 0 fully saturated rings. The minimum atomic E-state index is -0.172. The van der Waals surface area contributed by atoms with E-state index in [2.05, 4.69) is 15.5 Å². The predicted molar refractivity (Wildman–Crippen MR) is 115 cm³/mol. The molecule has 2 N–H and O–H groups in total. The zero-order valence-corrected chi connectivity index (χ0v) is 17.8. The van der Waals surface area contributed by atoms with Crippen LogP contribution in [0.5, 0.6) is 5.75 Å². The summed E-state index contributed by atoms with van der Waals surface area (Å²) in [5, 5.41) is 6.38. The average Bonchev–Trinajstić information content (AvgIpc) is 2.72. The number of nitrogens with one attached hydrogen (secondary N) is 2. The van der Waals surface area contributed by atoms with Crippen LogP contribution >= 0.6 is 11.6 Å². The molecule has 0 aliphatic heterocycles. The monoisotopic (exact) mass is 417 g/mol. The average molecular weight is 418 g/mol. The Bertz CT molecular complexity index is 792. The Morgan fingerprint density at radius 3 is 2.28 bits per heavy atom. The zero-order valence-electron chi connectivity index (χ0n) is 17.1. The van der Waals surface area contributed by atoms with Gasteiger partial charge < -0.3 is 20.3 Å². The highest BCUT2D eigenvalue weighted by molar-refractivity contribution is 6.30. The van der Waals surface area contributed by atoms with Crippen LogP contribution < -0.4 is 15.4 Å². The molecular formula is C22H28ClN3O3. The summed E-state index contributed by atoms with van der Waals surface area (Å²) in [6.07, 6.45) is 0.921. The molecule has 29 heavy (non-hydrogen) atoms. The molecule has 0 aliphatic carbocycles. The highest BCUT2D eigenvalue weighted by Crippen LogP contribution is 2.20. The molecule has 1 atom stereocenters. The fourth-order valence-electron chi connectivity index (χ4n) is 2.88. The summed E-state index contributed by atoms with van der Waals surface area (Å²) in [6.45, 7) is 0.944. The van der Waals surface area contributed by atoms with Crippen molar-refractivity contribution < 1.29 is 14.3 Å². The Morgan fingerprint density at radius 2 is 1.69 bits per heavy atom. The zero-order chi connectivity index (χ0) is 21.2. The van der Waals surface area contributed by atoms with Crippen molar-refractivity contribution in [3.63, 3.8) is 0 Å². The summed E-state index contributed by atoms with van der Waals surface area (Å²) < 4.78 is 5.19. The van der Waals surface area contributed by atoms with Crippen LogP contribution in [0, 0.1) is 0 Å². The molecule has 2 rings (SSSR count). The van der Waals surface area contributed by atoms with E-state index < -0.39 is 0 Å². The van der Waals surface area contributed by atoms with Gasteiger partial charge in [0.15, 0.2) is 0 Å². The van der Waals surface area contributed by atoms with Crippen molar-refractivity contribution in [2.75, 3.05) is 34.3 Å². The number of benzene rings is 2. The number of ether oxygens (including phenoxy) is 1. The third-order valence-electron chi connectivity index (χ3n) is 4.59. The van der Waals surface area contributed by atoms with Gasteiger partial charge in [-0.15, -0.1) is 0 Å². The highest BCUT2D eigenvalue weighted by atomic mass is 35.5. The summed E-state index contributed by atoms with van der Waals surface area (Å²) in [7, 11) is 5.59. The van der Waals surface area contributed by atoms with Crippen LogP contribution in [0.3, 0.4) is 0 Å². The summed E-state index contributed by atoms with van der Waals surface area (Å²) >= 11 is 5.82. The van der Waals surface area contributed by atoms with Gasteiger partial charge in [-0.2, -0.15) is 0 Å². The van der Waals surface area contributed by atoms with Gasteiger partial charge >= 0.3 is 0 Å². The van der Waals surface area contributed by atoms with E-state index in [4.69, 9.17) is 16.3 Å². The SMILES string of the molecule is COc1ccc(C(CNC(=O)CCCNC(=O)c2ccc(Cl)cc2)N(C)C)cc1. The van der Waals surface area contributed by atoms with E-state index in [-0.39, 0.29) is 17.9 Å². The van der Waals surface area contributed by atoms with Crippen molar-refractivity contribution in [1.29, 1.82) is 0 Å². The van der Waals surface area contributed by atoms with Gasteiger partial charge in [-0.25, -0.2) is 0 Å². The Labute approximate surface area is 177 Å². The molecule has 0 bridgehead atoms. The number of halogens is 1. The van der Waals surface area contributed by atoms with Crippen molar-refractivity contribution in [3.05, 3.63) is 64.7 Å². The molecule has 0 saturated carbocycles. The van der Waals surface area contributed by atoms with Gasteiger partial charge in [0.2, 0.25) is 5.91 Å². The maximum Gasteiger partial charge on any atom is 0.251 e. The van der Waals surface area contributed by atoms with E-state index in [0.29, 0.717) is 36.5 Å². The lowest BCUT2D eigenvalue weighted by molar-refractivity contribution is -0.121. The van der Waals surface area contributed by atoms with Crippen LogP contribution in [0.15, 0.2) is 48.5 Å². The molecule has 6 nitrogen and oxygen atoms in total.